The zero-order valence-electron chi connectivity index (χ0n) is 12.5. The second-order valence-electron chi connectivity index (χ2n) is 5.32. The minimum Gasteiger partial charge on any atom is -0.337 e. The van der Waals surface area contributed by atoms with Crippen LogP contribution in [0.5, 0.6) is 0 Å². The molecule has 0 aliphatic rings. The molecule has 1 aromatic heterocycles. The fourth-order valence-corrected chi connectivity index (χ4v) is 1.90. The Bertz CT molecular complexity index is 417. The van der Waals surface area contributed by atoms with Crippen molar-refractivity contribution in [1.29, 1.82) is 0 Å². The van der Waals surface area contributed by atoms with Gasteiger partial charge in [-0.25, -0.2) is 0 Å². The Hall–Kier alpha value is -1.68. The number of hydrogen-bond acceptors (Lipinski definition) is 3. The largest absolute Gasteiger partial charge is 0.337 e. The third-order valence-electron chi connectivity index (χ3n) is 3.25. The number of nitrogens with zero attached hydrogens (tertiary/aromatic N) is 2. The number of aromatic nitrogens is 1. The maximum absolute atomic E-state index is 12.4. The number of amides is 1. The molecule has 1 amide bonds. The van der Waals surface area contributed by atoms with Crippen LogP contribution in [0.15, 0.2) is 37.2 Å². The highest BCUT2D eigenvalue weighted by molar-refractivity contribution is 5.81. The molecule has 0 fully saturated rings. The van der Waals surface area contributed by atoms with Crippen LogP contribution in [0.1, 0.15) is 32.3 Å². The van der Waals surface area contributed by atoms with Crippen molar-refractivity contribution in [3.63, 3.8) is 0 Å². The number of rotatable bonds is 8. The van der Waals surface area contributed by atoms with Crippen LogP contribution >= 0.6 is 0 Å². The number of carbonyl (C=O) groups excluding carboxylic acids is 1. The Morgan fingerprint density at radius 1 is 1.55 bits per heavy atom. The summed E-state index contributed by atoms with van der Waals surface area (Å²) in [5.74, 6) is 0.145. The lowest BCUT2D eigenvalue weighted by Crippen LogP contribution is -2.46. The van der Waals surface area contributed by atoms with Crippen LogP contribution in [-0.4, -0.2) is 28.4 Å². The zero-order chi connectivity index (χ0) is 15.0. The van der Waals surface area contributed by atoms with Gasteiger partial charge in [0.15, 0.2) is 0 Å². The van der Waals surface area contributed by atoms with Gasteiger partial charge in [-0.1, -0.05) is 26.0 Å². The van der Waals surface area contributed by atoms with Gasteiger partial charge in [0.1, 0.15) is 0 Å². The van der Waals surface area contributed by atoms with E-state index < -0.39 is 6.04 Å². The van der Waals surface area contributed by atoms with Gasteiger partial charge in [-0.2, -0.15) is 0 Å². The minimum absolute atomic E-state index is 0.00733. The normalized spacial score (nSPS) is 12.2. The van der Waals surface area contributed by atoms with Crippen molar-refractivity contribution in [3.05, 3.63) is 42.7 Å². The van der Waals surface area contributed by atoms with E-state index in [1.165, 1.54) is 0 Å². The molecule has 0 radical (unpaired) electrons. The molecule has 1 rings (SSSR count). The summed E-state index contributed by atoms with van der Waals surface area (Å²) in [6.45, 7) is 8.90. The maximum Gasteiger partial charge on any atom is 0.240 e. The van der Waals surface area contributed by atoms with Gasteiger partial charge >= 0.3 is 0 Å². The first-order valence-electron chi connectivity index (χ1n) is 7.10. The molecule has 1 aromatic rings. The number of pyridine rings is 1. The molecule has 20 heavy (non-hydrogen) atoms. The molecule has 0 spiro atoms. The minimum atomic E-state index is -0.449. The molecule has 1 atom stereocenters. The number of unbranched alkanes of at least 4 members (excludes halogenated alkanes) is 1. The zero-order valence-corrected chi connectivity index (χ0v) is 12.5. The smallest absolute Gasteiger partial charge is 0.240 e. The van der Waals surface area contributed by atoms with Crippen LogP contribution in [0.4, 0.5) is 0 Å². The summed E-state index contributed by atoms with van der Waals surface area (Å²) < 4.78 is 0. The Morgan fingerprint density at radius 3 is 2.85 bits per heavy atom. The van der Waals surface area contributed by atoms with Gasteiger partial charge in [-0.15, -0.1) is 6.58 Å². The van der Waals surface area contributed by atoms with E-state index in [4.69, 9.17) is 5.73 Å². The van der Waals surface area contributed by atoms with Gasteiger partial charge in [0.05, 0.1) is 6.04 Å². The average molecular weight is 275 g/mol. The first kappa shape index (κ1) is 16.4. The molecule has 0 aromatic carbocycles. The Balaban J connectivity index is 2.73. The van der Waals surface area contributed by atoms with E-state index in [9.17, 15) is 4.79 Å². The molecule has 0 unspecified atom stereocenters. The quantitative estimate of drug-likeness (QED) is 0.585. The molecule has 0 saturated heterocycles. The molecule has 1 heterocycles. The van der Waals surface area contributed by atoms with Crippen molar-refractivity contribution in [2.75, 3.05) is 6.54 Å². The summed E-state index contributed by atoms with van der Waals surface area (Å²) in [6, 6.07) is 3.40. The molecule has 0 aliphatic heterocycles. The molecule has 0 aliphatic carbocycles. The lowest BCUT2D eigenvalue weighted by molar-refractivity contribution is -0.134. The Morgan fingerprint density at radius 2 is 2.30 bits per heavy atom. The lowest BCUT2D eigenvalue weighted by atomic mass is 10.0. The average Bonchev–Trinajstić information content (AvgIpc) is 2.46. The van der Waals surface area contributed by atoms with Crippen LogP contribution < -0.4 is 5.73 Å². The Labute approximate surface area is 121 Å². The van der Waals surface area contributed by atoms with E-state index in [0.29, 0.717) is 13.1 Å². The van der Waals surface area contributed by atoms with Crippen LogP contribution in [0.25, 0.3) is 0 Å². The van der Waals surface area contributed by atoms with Crippen LogP contribution in [0.2, 0.25) is 0 Å². The van der Waals surface area contributed by atoms with Gasteiger partial charge in [0.2, 0.25) is 5.91 Å². The predicted octanol–water partition coefficient (Wildman–Crippen LogP) is 2.36. The number of carbonyl (C=O) groups is 1. The fraction of sp³-hybridized carbons (Fsp3) is 0.500. The van der Waals surface area contributed by atoms with Crippen molar-refractivity contribution in [3.8, 4) is 0 Å². The highest BCUT2D eigenvalue weighted by atomic mass is 16.2. The first-order valence-corrected chi connectivity index (χ1v) is 7.10. The van der Waals surface area contributed by atoms with E-state index in [2.05, 4.69) is 11.6 Å². The molecule has 2 N–H and O–H groups in total. The molecule has 4 nitrogen and oxygen atoms in total. The van der Waals surface area contributed by atoms with Crippen molar-refractivity contribution in [2.45, 2.75) is 39.3 Å². The standard InChI is InChI=1S/C16H25N3O/c1-4-5-6-10-19(16(20)15(17)13(2)3)12-14-8-7-9-18-11-14/h4,7-9,11,13,15H,1,5-6,10,12,17H2,2-3H3/t15-/m0/s1. The summed E-state index contributed by atoms with van der Waals surface area (Å²) in [4.78, 5) is 18.4. The van der Waals surface area contributed by atoms with Crippen molar-refractivity contribution >= 4 is 5.91 Å². The van der Waals surface area contributed by atoms with Crippen molar-refractivity contribution < 1.29 is 4.79 Å². The van der Waals surface area contributed by atoms with E-state index in [1.807, 2.05) is 37.0 Å². The van der Waals surface area contributed by atoms with Crippen LogP contribution in [-0.2, 0) is 11.3 Å². The summed E-state index contributed by atoms with van der Waals surface area (Å²) in [7, 11) is 0. The number of hydrogen-bond donors (Lipinski definition) is 1. The third kappa shape index (κ3) is 5.13. The van der Waals surface area contributed by atoms with Crippen molar-refractivity contribution in [2.24, 2.45) is 11.7 Å². The van der Waals surface area contributed by atoms with Gasteiger partial charge in [-0.3, -0.25) is 9.78 Å². The Kier molecular flexibility index (Phi) is 6.94. The van der Waals surface area contributed by atoms with E-state index in [1.54, 1.807) is 12.4 Å². The van der Waals surface area contributed by atoms with Gasteiger partial charge < -0.3 is 10.6 Å². The van der Waals surface area contributed by atoms with Gasteiger partial charge in [0, 0.05) is 25.5 Å². The van der Waals surface area contributed by atoms with Crippen LogP contribution in [0, 0.1) is 5.92 Å². The number of nitrogens with two attached hydrogens (primary N) is 1. The highest BCUT2D eigenvalue weighted by Crippen LogP contribution is 2.10. The summed E-state index contributed by atoms with van der Waals surface area (Å²) in [5, 5.41) is 0. The van der Waals surface area contributed by atoms with Crippen LogP contribution in [0.3, 0.4) is 0 Å². The lowest BCUT2D eigenvalue weighted by Gasteiger charge is -2.27. The van der Waals surface area contributed by atoms with E-state index in [0.717, 1.165) is 18.4 Å². The van der Waals surface area contributed by atoms with Gasteiger partial charge in [-0.05, 0) is 30.4 Å². The van der Waals surface area contributed by atoms with Gasteiger partial charge in [0.25, 0.3) is 0 Å². The predicted molar refractivity (Wildman–Crippen MR) is 81.9 cm³/mol. The second-order valence-corrected chi connectivity index (χ2v) is 5.32. The molecular weight excluding hydrogens is 250 g/mol. The van der Waals surface area contributed by atoms with E-state index >= 15 is 0 Å². The summed E-state index contributed by atoms with van der Waals surface area (Å²) in [6.07, 6.45) is 7.19. The number of allylic oxidation sites excluding steroid dienone is 1. The SMILES string of the molecule is C=CCCCN(Cc1cccnc1)C(=O)[C@@H](N)C(C)C. The summed E-state index contributed by atoms with van der Waals surface area (Å²) in [5.41, 5.74) is 7.02. The molecule has 110 valence electrons. The molecular formula is C16H25N3O. The first-order chi connectivity index (χ1) is 9.56. The summed E-state index contributed by atoms with van der Waals surface area (Å²) >= 11 is 0. The maximum atomic E-state index is 12.4. The molecule has 0 saturated carbocycles. The monoisotopic (exact) mass is 275 g/mol. The second kappa shape index (κ2) is 8.48. The highest BCUT2D eigenvalue weighted by Gasteiger charge is 2.23. The third-order valence-corrected chi connectivity index (χ3v) is 3.25. The van der Waals surface area contributed by atoms with Crippen molar-refractivity contribution in [1.82, 2.24) is 9.88 Å². The molecule has 0 bridgehead atoms. The molecule has 4 heteroatoms. The van der Waals surface area contributed by atoms with E-state index in [-0.39, 0.29) is 11.8 Å². The fourth-order valence-electron chi connectivity index (χ4n) is 1.90. The topological polar surface area (TPSA) is 59.2 Å².